The second-order valence-electron chi connectivity index (χ2n) is 9.03. The lowest BCUT2D eigenvalue weighted by atomic mass is 10.0. The number of piperidine rings is 1. The molecule has 1 saturated heterocycles. The molecule has 0 spiro atoms. The predicted molar refractivity (Wildman–Crippen MR) is 137 cm³/mol. The number of aryl methyl sites for hydroxylation is 1. The van der Waals surface area contributed by atoms with Gasteiger partial charge in [-0.1, -0.05) is 37.9 Å². The summed E-state index contributed by atoms with van der Waals surface area (Å²) in [6.45, 7) is 12.0. The van der Waals surface area contributed by atoms with Crippen molar-refractivity contribution in [1.82, 2.24) is 14.4 Å². The molecule has 0 amide bonds. The van der Waals surface area contributed by atoms with Crippen molar-refractivity contribution < 1.29 is 0 Å². The summed E-state index contributed by atoms with van der Waals surface area (Å²) in [7, 11) is 0. The molecular weight excluding hydrogens is 418 g/mol. The monoisotopic (exact) mass is 453 g/mol. The minimum Gasteiger partial charge on any atom is -0.339 e. The maximum Gasteiger partial charge on any atom is 0.197 e. The highest BCUT2D eigenvalue weighted by Gasteiger charge is 2.15. The molecule has 1 fully saturated rings. The largest absolute Gasteiger partial charge is 0.339 e. The van der Waals surface area contributed by atoms with Gasteiger partial charge in [0.25, 0.3) is 0 Å². The summed E-state index contributed by atoms with van der Waals surface area (Å²) in [6, 6.07) is 12.1. The molecule has 32 heavy (non-hydrogen) atoms. The number of halogens is 1. The van der Waals surface area contributed by atoms with Crippen LogP contribution in [0.3, 0.4) is 0 Å². The van der Waals surface area contributed by atoms with Crippen LogP contribution in [0.1, 0.15) is 45.1 Å². The molecule has 0 N–H and O–H groups in total. The van der Waals surface area contributed by atoms with E-state index in [0.717, 1.165) is 67.4 Å². The third kappa shape index (κ3) is 5.19. The standard InChI is InChI=1S/C27H36ClN3O/c1-3-29(4-2)16-8-9-21-10-12-23-25(19-21)31(18-17-30-14-6-5-7-15-30)26-20-22(28)11-13-24(26)27(23)32/h10-13,19-20H,3-9,14-18H2,1-2H3. The van der Waals surface area contributed by atoms with Crippen molar-refractivity contribution in [2.24, 2.45) is 0 Å². The Balaban J connectivity index is 1.70. The lowest BCUT2D eigenvalue weighted by Gasteiger charge is -2.27. The first-order chi connectivity index (χ1) is 15.6. The Morgan fingerprint density at radius 2 is 1.59 bits per heavy atom. The number of rotatable bonds is 9. The highest BCUT2D eigenvalue weighted by Crippen LogP contribution is 2.24. The van der Waals surface area contributed by atoms with Crippen molar-refractivity contribution in [1.29, 1.82) is 0 Å². The molecular formula is C27H36ClN3O. The Hall–Kier alpha value is -1.88. The summed E-state index contributed by atoms with van der Waals surface area (Å²) in [6.07, 6.45) is 6.07. The van der Waals surface area contributed by atoms with Gasteiger partial charge in [0.2, 0.25) is 0 Å². The van der Waals surface area contributed by atoms with Crippen molar-refractivity contribution in [2.75, 3.05) is 39.3 Å². The SMILES string of the molecule is CCN(CC)CCCc1ccc2c(=O)c3ccc(Cl)cc3n(CCN3CCCCC3)c2c1. The zero-order valence-electron chi connectivity index (χ0n) is 19.6. The van der Waals surface area contributed by atoms with Gasteiger partial charge in [0.15, 0.2) is 5.43 Å². The van der Waals surface area contributed by atoms with E-state index >= 15 is 0 Å². The number of likely N-dealkylation sites (tertiary alicyclic amines) is 1. The van der Waals surface area contributed by atoms with Gasteiger partial charge in [-0.25, -0.2) is 0 Å². The van der Waals surface area contributed by atoms with Crippen LogP contribution in [0.2, 0.25) is 5.02 Å². The lowest BCUT2D eigenvalue weighted by Crippen LogP contribution is -2.33. The Bertz CT molecular complexity index is 1110. The molecule has 4 nitrogen and oxygen atoms in total. The van der Waals surface area contributed by atoms with Crippen molar-refractivity contribution in [2.45, 2.75) is 52.5 Å². The van der Waals surface area contributed by atoms with Crippen molar-refractivity contribution in [3.63, 3.8) is 0 Å². The first kappa shape index (κ1) is 23.3. The molecule has 0 unspecified atom stereocenters. The van der Waals surface area contributed by atoms with Gasteiger partial charge in [-0.2, -0.15) is 0 Å². The fourth-order valence-corrected chi connectivity index (χ4v) is 5.22. The van der Waals surface area contributed by atoms with Gasteiger partial charge in [-0.05, 0) is 94.3 Å². The number of pyridine rings is 1. The zero-order valence-corrected chi connectivity index (χ0v) is 20.3. The van der Waals surface area contributed by atoms with E-state index in [1.165, 1.54) is 37.9 Å². The van der Waals surface area contributed by atoms with Crippen LogP contribution >= 0.6 is 11.6 Å². The van der Waals surface area contributed by atoms with E-state index in [1.807, 2.05) is 24.3 Å². The van der Waals surface area contributed by atoms with Crippen LogP contribution < -0.4 is 5.43 Å². The van der Waals surface area contributed by atoms with Crippen molar-refractivity contribution in [3.8, 4) is 0 Å². The fraction of sp³-hybridized carbons (Fsp3) is 0.519. The third-order valence-corrected chi connectivity index (χ3v) is 7.25. The third-order valence-electron chi connectivity index (χ3n) is 7.02. The summed E-state index contributed by atoms with van der Waals surface area (Å²) < 4.78 is 2.33. The molecule has 0 atom stereocenters. The van der Waals surface area contributed by atoms with Crippen LogP contribution in [-0.4, -0.2) is 53.6 Å². The van der Waals surface area contributed by atoms with E-state index in [-0.39, 0.29) is 5.43 Å². The Kier molecular flexibility index (Phi) is 7.88. The molecule has 1 aliphatic rings. The maximum atomic E-state index is 13.3. The Morgan fingerprint density at radius 3 is 2.31 bits per heavy atom. The maximum absolute atomic E-state index is 13.3. The van der Waals surface area contributed by atoms with Crippen LogP contribution in [-0.2, 0) is 13.0 Å². The van der Waals surface area contributed by atoms with E-state index < -0.39 is 0 Å². The molecule has 0 aliphatic carbocycles. The number of fused-ring (bicyclic) bond motifs is 2. The molecule has 3 aromatic rings. The first-order valence-corrected chi connectivity index (χ1v) is 12.7. The smallest absolute Gasteiger partial charge is 0.197 e. The lowest BCUT2D eigenvalue weighted by molar-refractivity contribution is 0.222. The van der Waals surface area contributed by atoms with E-state index in [0.29, 0.717) is 5.02 Å². The van der Waals surface area contributed by atoms with Crippen molar-refractivity contribution in [3.05, 3.63) is 57.2 Å². The first-order valence-electron chi connectivity index (χ1n) is 12.3. The number of hydrogen-bond acceptors (Lipinski definition) is 3. The summed E-state index contributed by atoms with van der Waals surface area (Å²) >= 11 is 6.37. The van der Waals surface area contributed by atoms with Crippen LogP contribution in [0.4, 0.5) is 0 Å². The van der Waals surface area contributed by atoms with Crippen LogP contribution in [0.5, 0.6) is 0 Å². The molecule has 0 saturated carbocycles. The van der Waals surface area contributed by atoms with Crippen molar-refractivity contribution >= 4 is 33.4 Å². The van der Waals surface area contributed by atoms with E-state index in [9.17, 15) is 4.79 Å². The van der Waals surface area contributed by atoms with E-state index in [2.05, 4.69) is 40.3 Å². The number of hydrogen-bond donors (Lipinski definition) is 0. The average Bonchev–Trinajstić information content (AvgIpc) is 2.82. The van der Waals surface area contributed by atoms with E-state index in [1.54, 1.807) is 0 Å². The molecule has 4 rings (SSSR count). The number of nitrogens with zero attached hydrogens (tertiary/aromatic N) is 3. The second kappa shape index (κ2) is 10.8. The molecule has 1 aliphatic heterocycles. The van der Waals surface area contributed by atoms with Gasteiger partial charge >= 0.3 is 0 Å². The zero-order chi connectivity index (χ0) is 22.5. The van der Waals surface area contributed by atoms with Gasteiger partial charge in [0.1, 0.15) is 0 Å². The fourth-order valence-electron chi connectivity index (χ4n) is 5.05. The highest BCUT2D eigenvalue weighted by molar-refractivity contribution is 6.31. The quantitative estimate of drug-likeness (QED) is 0.396. The number of aromatic nitrogens is 1. The molecule has 1 aromatic heterocycles. The molecule has 172 valence electrons. The molecule has 2 aromatic carbocycles. The highest BCUT2D eigenvalue weighted by atomic mass is 35.5. The Labute approximate surface area is 196 Å². The van der Waals surface area contributed by atoms with E-state index in [4.69, 9.17) is 11.6 Å². The normalized spacial score (nSPS) is 15.2. The topological polar surface area (TPSA) is 28.5 Å². The summed E-state index contributed by atoms with van der Waals surface area (Å²) in [5, 5.41) is 2.25. The van der Waals surface area contributed by atoms with Gasteiger partial charge in [-0.15, -0.1) is 0 Å². The van der Waals surface area contributed by atoms with Gasteiger partial charge in [0.05, 0.1) is 11.0 Å². The summed E-state index contributed by atoms with van der Waals surface area (Å²) in [5.74, 6) is 0. The number of benzene rings is 2. The van der Waals surface area contributed by atoms with Gasteiger partial charge in [0, 0.05) is 28.9 Å². The Morgan fingerprint density at radius 1 is 0.906 bits per heavy atom. The van der Waals surface area contributed by atoms with Gasteiger partial charge < -0.3 is 14.4 Å². The summed E-state index contributed by atoms with van der Waals surface area (Å²) in [4.78, 5) is 18.3. The predicted octanol–water partition coefficient (Wildman–Crippen LogP) is 5.57. The van der Waals surface area contributed by atoms with Crippen LogP contribution in [0.15, 0.2) is 41.2 Å². The van der Waals surface area contributed by atoms with Crippen LogP contribution in [0, 0.1) is 0 Å². The molecule has 0 bridgehead atoms. The minimum atomic E-state index is 0.107. The van der Waals surface area contributed by atoms with Crippen LogP contribution in [0.25, 0.3) is 21.8 Å². The average molecular weight is 454 g/mol. The molecule has 2 heterocycles. The molecule has 0 radical (unpaired) electrons. The summed E-state index contributed by atoms with van der Waals surface area (Å²) in [5.41, 5.74) is 3.40. The van der Waals surface area contributed by atoms with Gasteiger partial charge in [-0.3, -0.25) is 4.79 Å². The molecule has 5 heteroatoms. The minimum absolute atomic E-state index is 0.107. The second-order valence-corrected chi connectivity index (χ2v) is 9.46.